The van der Waals surface area contributed by atoms with Crippen LogP contribution >= 0.6 is 11.6 Å². The molecule has 0 bridgehead atoms. The minimum Gasteiger partial charge on any atom is -0.465 e. The average molecular weight is 281 g/mol. The molecule has 0 aliphatic carbocycles. The van der Waals surface area contributed by atoms with Gasteiger partial charge in [0.1, 0.15) is 11.7 Å². The maximum Gasteiger partial charge on any atom is 0.316 e. The van der Waals surface area contributed by atoms with E-state index in [-0.39, 0.29) is 11.9 Å². The van der Waals surface area contributed by atoms with Crippen molar-refractivity contribution in [2.45, 2.75) is 26.7 Å². The minimum atomic E-state index is -0.400. The van der Waals surface area contributed by atoms with Gasteiger partial charge in [-0.15, -0.1) is 0 Å². The first-order chi connectivity index (χ1) is 9.04. The van der Waals surface area contributed by atoms with E-state index in [2.05, 4.69) is 0 Å². The van der Waals surface area contributed by atoms with E-state index >= 15 is 0 Å². The van der Waals surface area contributed by atoms with E-state index in [0.29, 0.717) is 23.0 Å². The second-order valence-electron chi connectivity index (χ2n) is 4.78. The molecule has 3 nitrogen and oxygen atoms in total. The van der Waals surface area contributed by atoms with Gasteiger partial charge in [-0.25, -0.2) is 0 Å². The third-order valence-corrected chi connectivity index (χ3v) is 3.33. The number of hydrogen-bond acceptors (Lipinski definition) is 3. The van der Waals surface area contributed by atoms with Crippen molar-refractivity contribution in [3.63, 3.8) is 0 Å². The maximum absolute atomic E-state index is 12.0. The molecule has 0 N–H and O–H groups in total. The first kappa shape index (κ1) is 13.9. The van der Waals surface area contributed by atoms with E-state index in [4.69, 9.17) is 20.8 Å². The molecule has 0 amide bonds. The number of esters is 1. The number of hydrogen-bond donors (Lipinski definition) is 0. The van der Waals surface area contributed by atoms with Crippen LogP contribution in [0.5, 0.6) is 0 Å². The van der Waals surface area contributed by atoms with Crippen LogP contribution in [-0.4, -0.2) is 12.6 Å². The Kier molecular flexibility index (Phi) is 4.15. The monoisotopic (exact) mass is 280 g/mol. The number of rotatable bonds is 4. The predicted octanol–water partition coefficient (Wildman–Crippen LogP) is 4.39. The topological polar surface area (TPSA) is 39.4 Å². The number of carbonyl (C=O) groups excluding carboxylic acids is 1. The molecule has 19 heavy (non-hydrogen) atoms. The van der Waals surface area contributed by atoms with E-state index < -0.39 is 5.92 Å². The van der Waals surface area contributed by atoms with Crippen LogP contribution in [0.2, 0.25) is 5.02 Å². The van der Waals surface area contributed by atoms with Gasteiger partial charge in [-0.1, -0.05) is 37.6 Å². The number of fused-ring (bicyclic) bond motifs is 1. The van der Waals surface area contributed by atoms with Crippen LogP contribution in [0, 0.1) is 5.92 Å². The van der Waals surface area contributed by atoms with Crippen LogP contribution in [0.3, 0.4) is 0 Å². The summed E-state index contributed by atoms with van der Waals surface area (Å²) in [7, 11) is 0. The number of para-hydroxylation sites is 1. The largest absolute Gasteiger partial charge is 0.465 e. The van der Waals surface area contributed by atoms with Crippen molar-refractivity contribution < 1.29 is 13.9 Å². The number of benzene rings is 1. The molecule has 1 aromatic carbocycles. The molecule has 0 spiro atoms. The second-order valence-corrected chi connectivity index (χ2v) is 5.19. The molecule has 1 atom stereocenters. The Morgan fingerprint density at radius 2 is 2.16 bits per heavy atom. The molecule has 2 aromatic rings. The Balaban J connectivity index is 2.45. The van der Waals surface area contributed by atoms with Crippen LogP contribution in [0.1, 0.15) is 32.4 Å². The van der Waals surface area contributed by atoms with Gasteiger partial charge in [0, 0.05) is 5.39 Å². The number of furan rings is 1. The van der Waals surface area contributed by atoms with Gasteiger partial charge in [-0.2, -0.15) is 0 Å². The highest BCUT2D eigenvalue weighted by Crippen LogP contribution is 2.33. The number of ether oxygens (including phenoxy) is 1. The summed E-state index contributed by atoms with van der Waals surface area (Å²) < 4.78 is 10.9. The first-order valence-electron chi connectivity index (χ1n) is 6.39. The van der Waals surface area contributed by atoms with Crippen LogP contribution < -0.4 is 0 Å². The Bertz CT molecular complexity index is 586. The zero-order valence-electron chi connectivity index (χ0n) is 11.3. The van der Waals surface area contributed by atoms with E-state index in [0.717, 1.165) is 5.39 Å². The zero-order valence-corrected chi connectivity index (χ0v) is 12.0. The molecule has 4 heteroatoms. The van der Waals surface area contributed by atoms with Gasteiger partial charge in [-0.05, 0) is 25.0 Å². The Morgan fingerprint density at radius 3 is 2.74 bits per heavy atom. The van der Waals surface area contributed by atoms with E-state index in [1.54, 1.807) is 13.0 Å². The third-order valence-electron chi connectivity index (χ3n) is 3.03. The summed E-state index contributed by atoms with van der Waals surface area (Å²) in [6, 6.07) is 7.41. The minimum absolute atomic E-state index is 0.0957. The van der Waals surface area contributed by atoms with Gasteiger partial charge < -0.3 is 9.15 Å². The van der Waals surface area contributed by atoms with Crippen molar-refractivity contribution in [2.75, 3.05) is 6.61 Å². The fraction of sp³-hybridized carbons (Fsp3) is 0.400. The lowest BCUT2D eigenvalue weighted by Crippen LogP contribution is -2.20. The summed E-state index contributed by atoms with van der Waals surface area (Å²) in [6.45, 7) is 6.10. The van der Waals surface area contributed by atoms with Crippen molar-refractivity contribution in [1.82, 2.24) is 0 Å². The molecule has 2 rings (SSSR count). The standard InChI is InChI=1S/C15H17ClO3/c1-4-18-15(17)13(9(2)3)12-8-10-6-5-7-11(16)14(10)19-12/h5-9,13H,4H2,1-3H3. The smallest absolute Gasteiger partial charge is 0.316 e. The van der Waals surface area contributed by atoms with Crippen molar-refractivity contribution in [3.05, 3.63) is 35.0 Å². The molecule has 0 saturated carbocycles. The quantitative estimate of drug-likeness (QED) is 0.780. The molecule has 0 radical (unpaired) electrons. The van der Waals surface area contributed by atoms with Crippen molar-refractivity contribution >= 4 is 28.5 Å². The van der Waals surface area contributed by atoms with Crippen molar-refractivity contribution in [3.8, 4) is 0 Å². The maximum atomic E-state index is 12.0. The van der Waals surface area contributed by atoms with E-state index in [1.165, 1.54) is 0 Å². The molecule has 0 saturated heterocycles. The fourth-order valence-electron chi connectivity index (χ4n) is 2.15. The fourth-order valence-corrected chi connectivity index (χ4v) is 2.37. The van der Waals surface area contributed by atoms with Gasteiger partial charge in [0.15, 0.2) is 5.58 Å². The van der Waals surface area contributed by atoms with Crippen LogP contribution in [-0.2, 0) is 9.53 Å². The van der Waals surface area contributed by atoms with Crippen LogP contribution in [0.15, 0.2) is 28.7 Å². The van der Waals surface area contributed by atoms with E-state index in [9.17, 15) is 4.79 Å². The lowest BCUT2D eigenvalue weighted by molar-refractivity contribution is -0.146. The van der Waals surface area contributed by atoms with Gasteiger partial charge in [-0.3, -0.25) is 4.79 Å². The SMILES string of the molecule is CCOC(=O)C(c1cc2cccc(Cl)c2o1)C(C)C. The third kappa shape index (κ3) is 2.76. The lowest BCUT2D eigenvalue weighted by atomic mass is 9.93. The molecule has 0 fully saturated rings. The summed E-state index contributed by atoms with van der Waals surface area (Å²) in [4.78, 5) is 12.0. The van der Waals surface area contributed by atoms with Crippen LogP contribution in [0.4, 0.5) is 0 Å². The first-order valence-corrected chi connectivity index (χ1v) is 6.77. The van der Waals surface area contributed by atoms with Gasteiger partial charge in [0.2, 0.25) is 0 Å². The highest BCUT2D eigenvalue weighted by atomic mass is 35.5. The number of halogens is 1. The highest BCUT2D eigenvalue weighted by Gasteiger charge is 2.29. The van der Waals surface area contributed by atoms with Crippen molar-refractivity contribution in [1.29, 1.82) is 0 Å². The normalized spacial score (nSPS) is 12.9. The highest BCUT2D eigenvalue weighted by molar-refractivity contribution is 6.34. The molecular weight excluding hydrogens is 264 g/mol. The average Bonchev–Trinajstić information content (AvgIpc) is 2.74. The molecule has 1 heterocycles. The summed E-state index contributed by atoms with van der Waals surface area (Å²) in [5.41, 5.74) is 0.620. The molecule has 1 aromatic heterocycles. The zero-order chi connectivity index (χ0) is 14.0. The summed E-state index contributed by atoms with van der Waals surface area (Å²) in [5.74, 6) is 0.0473. The summed E-state index contributed by atoms with van der Waals surface area (Å²) in [6.07, 6.45) is 0. The molecule has 102 valence electrons. The number of carbonyl (C=O) groups is 1. The van der Waals surface area contributed by atoms with Crippen LogP contribution in [0.25, 0.3) is 11.0 Å². The molecule has 1 unspecified atom stereocenters. The molecule has 0 aliphatic rings. The Hall–Kier alpha value is -1.48. The summed E-state index contributed by atoms with van der Waals surface area (Å²) in [5, 5.41) is 1.45. The van der Waals surface area contributed by atoms with Gasteiger partial charge in [0.05, 0.1) is 11.6 Å². The Labute approximate surface area is 117 Å². The van der Waals surface area contributed by atoms with Gasteiger partial charge in [0.25, 0.3) is 0 Å². The lowest BCUT2D eigenvalue weighted by Gasteiger charge is -2.16. The van der Waals surface area contributed by atoms with Crippen molar-refractivity contribution in [2.24, 2.45) is 5.92 Å². The van der Waals surface area contributed by atoms with Gasteiger partial charge >= 0.3 is 5.97 Å². The molecule has 0 aliphatic heterocycles. The Morgan fingerprint density at radius 1 is 1.42 bits per heavy atom. The summed E-state index contributed by atoms with van der Waals surface area (Å²) >= 11 is 6.09. The van der Waals surface area contributed by atoms with E-state index in [1.807, 2.05) is 32.0 Å². The second kappa shape index (κ2) is 5.66. The predicted molar refractivity (Wildman–Crippen MR) is 75.4 cm³/mol. The molecular formula is C15H17ClO3.